The number of rotatable bonds is 7. The minimum absolute atomic E-state index is 0.0716. The number of nitrogens with zero attached hydrogens (tertiary/aromatic N) is 2. The van der Waals surface area contributed by atoms with E-state index in [1.165, 1.54) is 10.9 Å². The van der Waals surface area contributed by atoms with Gasteiger partial charge in [-0.05, 0) is 36.6 Å². The van der Waals surface area contributed by atoms with Crippen LogP contribution in [0.15, 0.2) is 73.2 Å². The molecule has 5 heteroatoms. The smallest absolute Gasteiger partial charge is 0.220 e. The van der Waals surface area contributed by atoms with Crippen LogP contribution in [0.3, 0.4) is 0 Å². The van der Waals surface area contributed by atoms with Gasteiger partial charge in [-0.2, -0.15) is 5.10 Å². The maximum atomic E-state index is 12.1. The number of aromatic amines is 1. The normalized spacial score (nSPS) is 11.0. The third kappa shape index (κ3) is 4.08. The van der Waals surface area contributed by atoms with Crippen LogP contribution in [0, 0.1) is 0 Å². The molecular formula is C22H22N4O. The van der Waals surface area contributed by atoms with Gasteiger partial charge in [-0.25, -0.2) is 4.68 Å². The predicted octanol–water partition coefficient (Wildman–Crippen LogP) is 3.99. The molecule has 4 rings (SSSR count). The summed E-state index contributed by atoms with van der Waals surface area (Å²) in [6, 6.07) is 18.2. The molecule has 0 atom stereocenters. The summed E-state index contributed by atoms with van der Waals surface area (Å²) in [6.45, 7) is 0.499. The minimum atomic E-state index is 0.0716. The number of fused-ring (bicyclic) bond motifs is 1. The van der Waals surface area contributed by atoms with E-state index in [1.54, 1.807) is 6.20 Å². The lowest BCUT2D eigenvalue weighted by molar-refractivity contribution is -0.121. The van der Waals surface area contributed by atoms with Crippen molar-refractivity contribution >= 4 is 16.8 Å². The second kappa shape index (κ2) is 7.91. The van der Waals surface area contributed by atoms with Crippen molar-refractivity contribution in [3.05, 3.63) is 84.3 Å². The number of para-hydroxylation sites is 2. The number of hydrogen-bond acceptors (Lipinski definition) is 2. The Morgan fingerprint density at radius 2 is 1.89 bits per heavy atom. The first-order valence-corrected chi connectivity index (χ1v) is 9.20. The second-order valence-corrected chi connectivity index (χ2v) is 6.62. The van der Waals surface area contributed by atoms with Gasteiger partial charge in [-0.3, -0.25) is 4.79 Å². The molecule has 5 nitrogen and oxygen atoms in total. The predicted molar refractivity (Wildman–Crippen MR) is 107 cm³/mol. The number of nitrogens with one attached hydrogen (secondary N) is 2. The van der Waals surface area contributed by atoms with Crippen molar-refractivity contribution in [1.29, 1.82) is 0 Å². The van der Waals surface area contributed by atoms with Crippen LogP contribution in [-0.2, 0) is 17.8 Å². The molecule has 136 valence electrons. The fourth-order valence-electron chi connectivity index (χ4n) is 3.24. The van der Waals surface area contributed by atoms with Gasteiger partial charge in [0.1, 0.15) is 0 Å². The van der Waals surface area contributed by atoms with Crippen LogP contribution in [0.25, 0.3) is 16.6 Å². The van der Waals surface area contributed by atoms with Gasteiger partial charge < -0.3 is 10.3 Å². The summed E-state index contributed by atoms with van der Waals surface area (Å²) in [5, 5.41) is 8.57. The van der Waals surface area contributed by atoms with Crippen molar-refractivity contribution in [3.63, 3.8) is 0 Å². The minimum Gasteiger partial charge on any atom is -0.361 e. The van der Waals surface area contributed by atoms with Crippen molar-refractivity contribution in [1.82, 2.24) is 20.1 Å². The molecule has 0 saturated heterocycles. The Morgan fingerprint density at radius 3 is 2.78 bits per heavy atom. The van der Waals surface area contributed by atoms with Gasteiger partial charge in [0.2, 0.25) is 5.91 Å². The van der Waals surface area contributed by atoms with E-state index in [9.17, 15) is 4.79 Å². The van der Waals surface area contributed by atoms with Gasteiger partial charge in [0.15, 0.2) is 0 Å². The number of benzene rings is 2. The molecule has 0 aliphatic heterocycles. The van der Waals surface area contributed by atoms with Gasteiger partial charge >= 0.3 is 0 Å². The molecule has 0 unspecified atom stereocenters. The average molecular weight is 358 g/mol. The van der Waals surface area contributed by atoms with Crippen LogP contribution in [0.4, 0.5) is 0 Å². The molecule has 2 N–H and O–H groups in total. The largest absolute Gasteiger partial charge is 0.361 e. The van der Waals surface area contributed by atoms with E-state index in [0.29, 0.717) is 13.0 Å². The zero-order chi connectivity index (χ0) is 18.5. The summed E-state index contributed by atoms with van der Waals surface area (Å²) in [6.07, 6.45) is 8.02. The van der Waals surface area contributed by atoms with Gasteiger partial charge in [0.05, 0.1) is 11.9 Å². The Labute approximate surface area is 158 Å². The number of H-pyrrole nitrogens is 1. The molecule has 0 spiro atoms. The maximum absolute atomic E-state index is 12.1. The van der Waals surface area contributed by atoms with Crippen LogP contribution in [0.5, 0.6) is 0 Å². The highest BCUT2D eigenvalue weighted by molar-refractivity contribution is 5.83. The van der Waals surface area contributed by atoms with E-state index in [-0.39, 0.29) is 5.91 Å². The highest BCUT2D eigenvalue weighted by Crippen LogP contribution is 2.19. The summed E-state index contributed by atoms with van der Waals surface area (Å²) in [5.41, 5.74) is 4.41. The lowest BCUT2D eigenvalue weighted by atomic mass is 10.1. The lowest BCUT2D eigenvalue weighted by Crippen LogP contribution is -2.22. The number of amides is 1. The summed E-state index contributed by atoms with van der Waals surface area (Å²) < 4.78 is 1.82. The number of aryl methyl sites for hydroxylation is 1. The van der Waals surface area contributed by atoms with Crippen molar-refractivity contribution < 1.29 is 4.79 Å². The molecule has 2 aromatic heterocycles. The zero-order valence-electron chi connectivity index (χ0n) is 15.1. The van der Waals surface area contributed by atoms with E-state index >= 15 is 0 Å². The van der Waals surface area contributed by atoms with Crippen LogP contribution >= 0.6 is 0 Å². The van der Waals surface area contributed by atoms with E-state index in [2.05, 4.69) is 27.5 Å². The number of carbonyl (C=O) groups is 1. The van der Waals surface area contributed by atoms with Crippen LogP contribution in [0.2, 0.25) is 0 Å². The van der Waals surface area contributed by atoms with Gasteiger partial charge in [-0.1, -0.05) is 36.4 Å². The van der Waals surface area contributed by atoms with E-state index < -0.39 is 0 Å². The van der Waals surface area contributed by atoms with Crippen LogP contribution in [0.1, 0.15) is 24.0 Å². The Hall–Kier alpha value is -3.34. The molecule has 0 radical (unpaired) electrons. The molecule has 1 amide bonds. The van der Waals surface area contributed by atoms with E-state index in [4.69, 9.17) is 0 Å². The topological polar surface area (TPSA) is 62.7 Å². The second-order valence-electron chi connectivity index (χ2n) is 6.62. The zero-order valence-corrected chi connectivity index (χ0v) is 15.1. The lowest BCUT2D eigenvalue weighted by Gasteiger charge is -2.04. The molecule has 0 aliphatic rings. The highest BCUT2D eigenvalue weighted by atomic mass is 16.1. The Kier molecular flexibility index (Phi) is 5.01. The Morgan fingerprint density at radius 1 is 1.07 bits per heavy atom. The summed E-state index contributed by atoms with van der Waals surface area (Å²) in [5.74, 6) is 0.0716. The summed E-state index contributed by atoms with van der Waals surface area (Å²) >= 11 is 0. The fourth-order valence-corrected chi connectivity index (χ4v) is 3.24. The standard InChI is InChI=1S/C22H22N4O/c27-22(12-6-7-18-15-23-21-11-5-4-10-20(18)21)24-13-17-14-25-26(16-17)19-8-2-1-3-9-19/h1-5,8-11,14-16,23H,6-7,12-13H2,(H,24,27). The number of aromatic nitrogens is 3. The highest BCUT2D eigenvalue weighted by Gasteiger charge is 2.06. The Balaban J connectivity index is 1.25. The molecule has 27 heavy (non-hydrogen) atoms. The quantitative estimate of drug-likeness (QED) is 0.525. The third-order valence-corrected chi connectivity index (χ3v) is 4.67. The molecule has 0 bridgehead atoms. The fraction of sp³-hybridized carbons (Fsp3) is 0.182. The summed E-state index contributed by atoms with van der Waals surface area (Å²) in [7, 11) is 0. The molecule has 0 saturated carbocycles. The van der Waals surface area contributed by atoms with E-state index in [1.807, 2.05) is 59.5 Å². The molecule has 4 aromatic rings. The van der Waals surface area contributed by atoms with Crippen LogP contribution < -0.4 is 5.32 Å². The first-order valence-electron chi connectivity index (χ1n) is 9.20. The molecule has 2 aromatic carbocycles. The Bertz CT molecular complexity index is 1030. The number of carbonyl (C=O) groups excluding carboxylic acids is 1. The number of hydrogen-bond donors (Lipinski definition) is 2. The molecular weight excluding hydrogens is 336 g/mol. The molecule has 0 aliphatic carbocycles. The van der Waals surface area contributed by atoms with Gasteiger partial charge in [0.25, 0.3) is 0 Å². The maximum Gasteiger partial charge on any atom is 0.220 e. The van der Waals surface area contributed by atoms with Crippen molar-refractivity contribution in [2.75, 3.05) is 0 Å². The van der Waals surface area contributed by atoms with Gasteiger partial charge in [0, 0.05) is 41.8 Å². The van der Waals surface area contributed by atoms with Crippen molar-refractivity contribution in [2.24, 2.45) is 0 Å². The summed E-state index contributed by atoms with van der Waals surface area (Å²) in [4.78, 5) is 15.4. The van der Waals surface area contributed by atoms with E-state index in [0.717, 1.165) is 29.6 Å². The first kappa shape index (κ1) is 17.1. The van der Waals surface area contributed by atoms with Crippen molar-refractivity contribution in [2.45, 2.75) is 25.8 Å². The van der Waals surface area contributed by atoms with Crippen LogP contribution in [-0.4, -0.2) is 20.7 Å². The van der Waals surface area contributed by atoms with Crippen molar-refractivity contribution in [3.8, 4) is 5.69 Å². The monoisotopic (exact) mass is 358 g/mol. The molecule has 2 heterocycles. The third-order valence-electron chi connectivity index (χ3n) is 4.67. The SMILES string of the molecule is O=C(CCCc1c[nH]c2ccccc12)NCc1cnn(-c2ccccc2)c1. The first-order chi connectivity index (χ1) is 13.3. The van der Waals surface area contributed by atoms with Gasteiger partial charge in [-0.15, -0.1) is 0 Å². The average Bonchev–Trinajstić information content (AvgIpc) is 3.35. The molecule has 0 fully saturated rings.